The van der Waals surface area contributed by atoms with Crippen LogP contribution in [0.3, 0.4) is 0 Å². The van der Waals surface area contributed by atoms with Crippen molar-refractivity contribution >= 4 is 0 Å². The van der Waals surface area contributed by atoms with E-state index >= 15 is 0 Å². The van der Waals surface area contributed by atoms with Gasteiger partial charge in [0.2, 0.25) is 0 Å². The van der Waals surface area contributed by atoms with Crippen LogP contribution in [0, 0.1) is 0 Å². The molecule has 1 rings (SSSR count). The third-order valence-corrected chi connectivity index (χ3v) is 1.64. The summed E-state index contributed by atoms with van der Waals surface area (Å²) in [4.78, 5) is 0. The Morgan fingerprint density at radius 1 is 1.44 bits per heavy atom. The van der Waals surface area contributed by atoms with Crippen molar-refractivity contribution in [1.29, 1.82) is 0 Å². The highest BCUT2D eigenvalue weighted by atomic mass is 19.1. The summed E-state index contributed by atoms with van der Waals surface area (Å²) in [6.07, 6.45) is 6.05. The average molecular weight is 126 g/mol. The highest BCUT2D eigenvalue weighted by Crippen LogP contribution is 2.20. The minimum Gasteiger partial charge on any atom is -0.212 e. The average Bonchev–Trinajstić information content (AvgIpc) is 1.90. The van der Waals surface area contributed by atoms with Gasteiger partial charge in [0, 0.05) is 6.42 Å². The van der Waals surface area contributed by atoms with Crippen LogP contribution in [-0.4, -0.2) is 0 Å². The second kappa shape index (κ2) is 2.81. The molecule has 0 heterocycles. The lowest BCUT2D eigenvalue weighted by Gasteiger charge is -2.06. The van der Waals surface area contributed by atoms with Crippen molar-refractivity contribution in [2.24, 2.45) is 0 Å². The van der Waals surface area contributed by atoms with E-state index in [1.165, 1.54) is 5.57 Å². The molecule has 0 aliphatic heterocycles. The van der Waals surface area contributed by atoms with Gasteiger partial charge < -0.3 is 0 Å². The van der Waals surface area contributed by atoms with Crippen molar-refractivity contribution in [2.75, 3.05) is 0 Å². The first-order valence-electron chi connectivity index (χ1n) is 3.37. The highest BCUT2D eigenvalue weighted by molar-refractivity contribution is 5.20. The van der Waals surface area contributed by atoms with Gasteiger partial charge in [-0.25, -0.2) is 4.39 Å². The molecule has 0 radical (unpaired) electrons. The van der Waals surface area contributed by atoms with Crippen molar-refractivity contribution < 1.29 is 4.39 Å². The molecule has 0 aromatic rings. The first-order chi connectivity index (χ1) is 4.33. The number of allylic oxidation sites excluding steroid dienone is 4. The molecular weight excluding hydrogens is 115 g/mol. The van der Waals surface area contributed by atoms with Gasteiger partial charge in [0.15, 0.2) is 0 Å². The molecule has 0 saturated carbocycles. The van der Waals surface area contributed by atoms with E-state index in [0.717, 1.165) is 12.8 Å². The van der Waals surface area contributed by atoms with E-state index in [1.807, 2.05) is 6.08 Å². The minimum atomic E-state index is 0.0206. The van der Waals surface area contributed by atoms with Crippen LogP contribution < -0.4 is 0 Å². The molecule has 1 aliphatic rings. The number of hydrogen-bond donors (Lipinski definition) is 0. The molecule has 0 amide bonds. The smallest absolute Gasteiger partial charge is 0.100 e. The number of rotatable bonds is 1. The summed E-state index contributed by atoms with van der Waals surface area (Å²) in [5, 5.41) is 0. The normalized spacial score (nSPS) is 18.9. The molecule has 9 heavy (non-hydrogen) atoms. The van der Waals surface area contributed by atoms with Crippen LogP contribution in [0.2, 0.25) is 0 Å². The maximum absolute atomic E-state index is 12.3. The van der Waals surface area contributed by atoms with Crippen LogP contribution >= 0.6 is 0 Å². The Hall–Kier alpha value is -0.590. The molecule has 0 atom stereocenters. The van der Waals surface area contributed by atoms with Gasteiger partial charge in [0.1, 0.15) is 5.83 Å². The van der Waals surface area contributed by atoms with Crippen molar-refractivity contribution in [3.05, 3.63) is 23.6 Å². The molecule has 0 aromatic carbocycles. The zero-order valence-corrected chi connectivity index (χ0v) is 5.65. The van der Waals surface area contributed by atoms with E-state index < -0.39 is 0 Å². The SMILES string of the molecule is CCC1=CC=C(F)CC1. The Morgan fingerprint density at radius 2 is 2.22 bits per heavy atom. The molecule has 1 heteroatoms. The molecule has 0 unspecified atom stereocenters. The quantitative estimate of drug-likeness (QED) is 0.506. The summed E-state index contributed by atoms with van der Waals surface area (Å²) >= 11 is 0. The lowest BCUT2D eigenvalue weighted by atomic mass is 10.0. The minimum absolute atomic E-state index is 0.0206. The Balaban J connectivity index is 2.59. The first kappa shape index (κ1) is 6.53. The molecule has 0 fully saturated rings. The second-order valence-electron chi connectivity index (χ2n) is 2.29. The monoisotopic (exact) mass is 126 g/mol. The van der Waals surface area contributed by atoms with Crippen LogP contribution in [0.1, 0.15) is 26.2 Å². The van der Waals surface area contributed by atoms with E-state index in [0.29, 0.717) is 6.42 Å². The van der Waals surface area contributed by atoms with Crippen LogP contribution in [0.25, 0.3) is 0 Å². The van der Waals surface area contributed by atoms with Gasteiger partial charge in [0.25, 0.3) is 0 Å². The standard InChI is InChI=1S/C8H11F/c1-2-7-3-5-8(9)6-4-7/h3,5H,2,4,6H2,1H3. The fraction of sp³-hybridized carbons (Fsp3) is 0.500. The predicted molar refractivity (Wildman–Crippen MR) is 36.8 cm³/mol. The molecule has 0 bridgehead atoms. The van der Waals surface area contributed by atoms with Gasteiger partial charge in [-0.05, 0) is 18.9 Å². The summed E-state index contributed by atoms with van der Waals surface area (Å²) in [6, 6.07) is 0. The summed E-state index contributed by atoms with van der Waals surface area (Å²) in [5.74, 6) is 0.0206. The Labute approximate surface area is 55.1 Å². The van der Waals surface area contributed by atoms with Crippen molar-refractivity contribution in [2.45, 2.75) is 26.2 Å². The molecule has 0 nitrogen and oxygen atoms in total. The van der Waals surface area contributed by atoms with E-state index in [-0.39, 0.29) is 5.83 Å². The predicted octanol–water partition coefficient (Wildman–Crippen LogP) is 2.97. The fourth-order valence-electron chi connectivity index (χ4n) is 0.950. The lowest BCUT2D eigenvalue weighted by Crippen LogP contribution is -1.87. The zero-order valence-electron chi connectivity index (χ0n) is 5.65. The van der Waals surface area contributed by atoms with Gasteiger partial charge in [-0.1, -0.05) is 18.6 Å². The summed E-state index contributed by atoms with van der Waals surface area (Å²) in [7, 11) is 0. The summed E-state index contributed by atoms with van der Waals surface area (Å²) in [5.41, 5.74) is 1.36. The molecule has 0 aromatic heterocycles. The van der Waals surface area contributed by atoms with Crippen LogP contribution in [0.5, 0.6) is 0 Å². The lowest BCUT2D eigenvalue weighted by molar-refractivity contribution is 0.579. The Kier molecular flexibility index (Phi) is 2.04. The summed E-state index contributed by atoms with van der Waals surface area (Å²) < 4.78 is 12.3. The van der Waals surface area contributed by atoms with Gasteiger partial charge in [-0.15, -0.1) is 0 Å². The van der Waals surface area contributed by atoms with Gasteiger partial charge in [0.05, 0.1) is 0 Å². The van der Waals surface area contributed by atoms with E-state index in [1.54, 1.807) is 6.08 Å². The van der Waals surface area contributed by atoms with Crippen LogP contribution in [-0.2, 0) is 0 Å². The van der Waals surface area contributed by atoms with E-state index in [9.17, 15) is 4.39 Å². The van der Waals surface area contributed by atoms with Crippen molar-refractivity contribution in [3.63, 3.8) is 0 Å². The van der Waals surface area contributed by atoms with E-state index in [2.05, 4.69) is 6.92 Å². The molecule has 50 valence electrons. The maximum atomic E-state index is 12.3. The molecule has 0 spiro atoms. The molecule has 1 aliphatic carbocycles. The second-order valence-corrected chi connectivity index (χ2v) is 2.29. The largest absolute Gasteiger partial charge is 0.212 e. The van der Waals surface area contributed by atoms with Crippen LogP contribution in [0.15, 0.2) is 23.6 Å². The topological polar surface area (TPSA) is 0 Å². The summed E-state index contributed by atoms with van der Waals surface area (Å²) in [6.45, 7) is 2.10. The van der Waals surface area contributed by atoms with Crippen LogP contribution in [0.4, 0.5) is 4.39 Å². The van der Waals surface area contributed by atoms with Gasteiger partial charge >= 0.3 is 0 Å². The number of hydrogen-bond acceptors (Lipinski definition) is 0. The van der Waals surface area contributed by atoms with Gasteiger partial charge in [-0.2, -0.15) is 0 Å². The fourth-order valence-corrected chi connectivity index (χ4v) is 0.950. The van der Waals surface area contributed by atoms with Crippen molar-refractivity contribution in [1.82, 2.24) is 0 Å². The Morgan fingerprint density at radius 3 is 2.67 bits per heavy atom. The molecule has 0 saturated heterocycles. The third-order valence-electron chi connectivity index (χ3n) is 1.64. The molecular formula is C8H11F. The first-order valence-corrected chi connectivity index (χ1v) is 3.37. The van der Waals surface area contributed by atoms with Gasteiger partial charge in [-0.3, -0.25) is 0 Å². The highest BCUT2D eigenvalue weighted by Gasteiger charge is 2.02. The number of halogens is 1. The third kappa shape index (κ3) is 1.67. The zero-order chi connectivity index (χ0) is 6.69. The van der Waals surface area contributed by atoms with E-state index in [4.69, 9.17) is 0 Å². The van der Waals surface area contributed by atoms with Crippen molar-refractivity contribution in [3.8, 4) is 0 Å². The Bertz CT molecular complexity index is 154. The maximum Gasteiger partial charge on any atom is 0.100 e. The molecule has 0 N–H and O–H groups in total.